The standard InChI is InChI=1S/C30H43N3O5/c1-8-9-10-17-31-27(35)26(23-14-11-20(2)21(3)18-23)33(7)28(36)25(32-29(37)38-30(4,5)6)19-22-12-15-24(34)16-13-22/h11-16,18,25-26,34H,8-10,17,19H2,1-7H3,(H,31,35)(H,32,37). The van der Waals surface area contributed by atoms with E-state index in [2.05, 4.69) is 17.6 Å². The molecule has 208 valence electrons. The van der Waals surface area contributed by atoms with Crippen molar-refractivity contribution >= 4 is 17.9 Å². The molecule has 2 unspecified atom stereocenters. The summed E-state index contributed by atoms with van der Waals surface area (Å²) in [4.78, 5) is 41.4. The first-order chi connectivity index (χ1) is 17.8. The van der Waals surface area contributed by atoms with Crippen LogP contribution in [0.3, 0.4) is 0 Å². The number of unbranched alkanes of at least 4 members (excludes halogenated alkanes) is 2. The van der Waals surface area contributed by atoms with E-state index in [-0.39, 0.29) is 18.1 Å². The average molecular weight is 526 g/mol. The van der Waals surface area contributed by atoms with E-state index in [0.717, 1.165) is 36.0 Å². The monoisotopic (exact) mass is 525 g/mol. The number of rotatable bonds is 11. The van der Waals surface area contributed by atoms with Crippen LogP contribution in [0, 0.1) is 13.8 Å². The Morgan fingerprint density at radius 3 is 2.24 bits per heavy atom. The Kier molecular flexibility index (Phi) is 11.2. The fourth-order valence-corrected chi connectivity index (χ4v) is 4.06. The first-order valence-corrected chi connectivity index (χ1v) is 13.2. The molecule has 3 amide bonds. The van der Waals surface area contributed by atoms with Gasteiger partial charge in [-0.05, 0) is 75.4 Å². The highest BCUT2D eigenvalue weighted by Gasteiger charge is 2.34. The first-order valence-electron chi connectivity index (χ1n) is 13.2. The highest BCUT2D eigenvalue weighted by Crippen LogP contribution is 2.24. The number of phenolic OH excluding ortho intramolecular Hbond substituents is 1. The molecule has 2 rings (SSSR count). The highest BCUT2D eigenvalue weighted by atomic mass is 16.6. The molecule has 0 heterocycles. The zero-order valence-corrected chi connectivity index (χ0v) is 23.8. The molecule has 0 aliphatic carbocycles. The fourth-order valence-electron chi connectivity index (χ4n) is 4.06. The van der Waals surface area contributed by atoms with Crippen molar-refractivity contribution in [2.24, 2.45) is 0 Å². The van der Waals surface area contributed by atoms with Crippen LogP contribution in [0.15, 0.2) is 42.5 Å². The predicted octanol–water partition coefficient (Wildman–Crippen LogP) is 4.95. The fraction of sp³-hybridized carbons (Fsp3) is 0.500. The second-order valence-corrected chi connectivity index (χ2v) is 10.8. The van der Waals surface area contributed by atoms with Gasteiger partial charge in [0.15, 0.2) is 0 Å². The molecular formula is C30H43N3O5. The Morgan fingerprint density at radius 2 is 1.66 bits per heavy atom. The van der Waals surface area contributed by atoms with Gasteiger partial charge in [0.05, 0.1) is 0 Å². The van der Waals surface area contributed by atoms with Crippen molar-refractivity contribution in [1.82, 2.24) is 15.5 Å². The molecule has 0 fully saturated rings. The SMILES string of the molecule is CCCCCNC(=O)C(c1ccc(C)c(C)c1)N(C)C(=O)C(Cc1ccc(O)cc1)NC(=O)OC(C)(C)C. The second kappa shape index (κ2) is 13.8. The minimum atomic E-state index is -0.999. The summed E-state index contributed by atoms with van der Waals surface area (Å²) in [7, 11) is 1.58. The molecule has 0 bridgehead atoms. The number of hydrogen-bond donors (Lipinski definition) is 3. The molecule has 0 spiro atoms. The van der Waals surface area contributed by atoms with E-state index in [9.17, 15) is 19.5 Å². The third-order valence-corrected chi connectivity index (χ3v) is 6.27. The summed E-state index contributed by atoms with van der Waals surface area (Å²) in [5.41, 5.74) is 2.78. The average Bonchev–Trinajstić information content (AvgIpc) is 2.83. The van der Waals surface area contributed by atoms with Gasteiger partial charge in [-0.15, -0.1) is 0 Å². The third-order valence-electron chi connectivity index (χ3n) is 6.27. The minimum Gasteiger partial charge on any atom is -0.508 e. The smallest absolute Gasteiger partial charge is 0.408 e. The first kappa shape index (κ1) is 30.7. The summed E-state index contributed by atoms with van der Waals surface area (Å²) >= 11 is 0. The number of likely N-dealkylation sites (N-methyl/N-ethyl adjacent to an activating group) is 1. The van der Waals surface area contributed by atoms with Gasteiger partial charge in [-0.3, -0.25) is 9.59 Å². The molecular weight excluding hydrogens is 482 g/mol. The Bertz CT molecular complexity index is 1090. The van der Waals surface area contributed by atoms with Crippen LogP contribution in [0.5, 0.6) is 5.75 Å². The molecule has 0 saturated heterocycles. The van der Waals surface area contributed by atoms with E-state index >= 15 is 0 Å². The molecule has 2 aromatic carbocycles. The second-order valence-electron chi connectivity index (χ2n) is 10.8. The maximum atomic E-state index is 13.9. The zero-order valence-electron chi connectivity index (χ0n) is 23.8. The van der Waals surface area contributed by atoms with Crippen LogP contribution in [-0.4, -0.2) is 53.1 Å². The summed E-state index contributed by atoms with van der Waals surface area (Å²) in [5, 5.41) is 15.3. The lowest BCUT2D eigenvalue weighted by atomic mass is 9.98. The van der Waals surface area contributed by atoms with Crippen molar-refractivity contribution < 1.29 is 24.2 Å². The normalized spacial score (nSPS) is 12.8. The molecule has 3 N–H and O–H groups in total. The van der Waals surface area contributed by atoms with Gasteiger partial charge in [-0.1, -0.05) is 50.1 Å². The number of amides is 3. The van der Waals surface area contributed by atoms with Gasteiger partial charge >= 0.3 is 6.09 Å². The number of aryl methyl sites for hydroxylation is 2. The number of nitrogens with one attached hydrogen (secondary N) is 2. The van der Waals surface area contributed by atoms with Crippen molar-refractivity contribution in [2.75, 3.05) is 13.6 Å². The van der Waals surface area contributed by atoms with Crippen molar-refractivity contribution in [3.63, 3.8) is 0 Å². The van der Waals surface area contributed by atoms with Gasteiger partial charge in [0, 0.05) is 20.0 Å². The van der Waals surface area contributed by atoms with Crippen LogP contribution in [0.4, 0.5) is 4.79 Å². The van der Waals surface area contributed by atoms with E-state index in [0.29, 0.717) is 12.1 Å². The van der Waals surface area contributed by atoms with Gasteiger partial charge in [0.1, 0.15) is 23.4 Å². The molecule has 0 aliphatic rings. The Hall–Kier alpha value is -3.55. The van der Waals surface area contributed by atoms with Gasteiger partial charge in [0.2, 0.25) is 11.8 Å². The van der Waals surface area contributed by atoms with Gasteiger partial charge < -0.3 is 25.4 Å². The van der Waals surface area contributed by atoms with Crippen molar-refractivity contribution in [1.29, 1.82) is 0 Å². The minimum absolute atomic E-state index is 0.100. The number of benzene rings is 2. The molecule has 38 heavy (non-hydrogen) atoms. The maximum absolute atomic E-state index is 13.9. The topological polar surface area (TPSA) is 108 Å². The Morgan fingerprint density at radius 1 is 1.00 bits per heavy atom. The van der Waals surface area contributed by atoms with Crippen LogP contribution in [0.1, 0.15) is 75.3 Å². The number of carbonyl (C=O) groups excluding carboxylic acids is 3. The van der Waals surface area contributed by atoms with Crippen LogP contribution in [0.2, 0.25) is 0 Å². The van der Waals surface area contributed by atoms with E-state index < -0.39 is 29.7 Å². The van der Waals surface area contributed by atoms with E-state index in [4.69, 9.17) is 4.74 Å². The molecule has 8 nitrogen and oxygen atoms in total. The number of nitrogens with zero attached hydrogens (tertiary/aromatic N) is 1. The molecule has 2 atom stereocenters. The summed E-state index contributed by atoms with van der Waals surface area (Å²) in [5.74, 6) is -0.611. The lowest BCUT2D eigenvalue weighted by Crippen LogP contribution is -2.52. The predicted molar refractivity (Wildman–Crippen MR) is 149 cm³/mol. The maximum Gasteiger partial charge on any atom is 0.408 e. The lowest BCUT2D eigenvalue weighted by Gasteiger charge is -2.32. The summed E-state index contributed by atoms with van der Waals surface area (Å²) < 4.78 is 5.41. The van der Waals surface area contributed by atoms with Crippen molar-refractivity contribution in [3.8, 4) is 5.75 Å². The Balaban J connectivity index is 2.39. The van der Waals surface area contributed by atoms with Crippen LogP contribution in [-0.2, 0) is 20.7 Å². The Labute approximate surface area is 226 Å². The van der Waals surface area contributed by atoms with E-state index in [1.165, 1.54) is 17.0 Å². The molecule has 2 aromatic rings. The molecule has 0 aromatic heterocycles. The number of carbonyl (C=O) groups is 3. The lowest BCUT2D eigenvalue weighted by molar-refractivity contribution is -0.140. The van der Waals surface area contributed by atoms with E-state index in [1.807, 2.05) is 32.0 Å². The number of alkyl carbamates (subject to hydrolysis) is 1. The van der Waals surface area contributed by atoms with Crippen LogP contribution >= 0.6 is 0 Å². The molecule has 0 saturated carbocycles. The number of hydrogen-bond acceptors (Lipinski definition) is 5. The zero-order chi connectivity index (χ0) is 28.5. The quantitative estimate of drug-likeness (QED) is 0.360. The molecule has 0 radical (unpaired) electrons. The van der Waals surface area contributed by atoms with Crippen LogP contribution < -0.4 is 10.6 Å². The molecule has 0 aliphatic heterocycles. The summed E-state index contributed by atoms with van der Waals surface area (Å²) in [6.07, 6.45) is 2.31. The van der Waals surface area contributed by atoms with Crippen LogP contribution in [0.25, 0.3) is 0 Å². The van der Waals surface area contributed by atoms with Crippen molar-refractivity contribution in [3.05, 3.63) is 64.7 Å². The highest BCUT2D eigenvalue weighted by molar-refractivity contribution is 5.92. The van der Waals surface area contributed by atoms with Gasteiger partial charge in [-0.25, -0.2) is 4.79 Å². The molecule has 8 heteroatoms. The van der Waals surface area contributed by atoms with Gasteiger partial charge in [-0.2, -0.15) is 0 Å². The summed E-state index contributed by atoms with van der Waals surface area (Å²) in [6, 6.07) is 10.3. The van der Waals surface area contributed by atoms with E-state index in [1.54, 1.807) is 40.0 Å². The summed E-state index contributed by atoms with van der Waals surface area (Å²) in [6.45, 7) is 11.8. The number of phenols is 1. The number of aromatic hydroxyl groups is 1. The number of ether oxygens (including phenoxy) is 1. The van der Waals surface area contributed by atoms with Gasteiger partial charge in [0.25, 0.3) is 0 Å². The van der Waals surface area contributed by atoms with Crippen molar-refractivity contribution in [2.45, 2.75) is 84.9 Å². The largest absolute Gasteiger partial charge is 0.508 e. The third kappa shape index (κ3) is 9.39.